The van der Waals surface area contributed by atoms with Gasteiger partial charge < -0.3 is 15.3 Å². The number of aliphatic hydroxyl groups excluding tert-OH is 1. The molecule has 148 valence electrons. The Bertz CT molecular complexity index is 951. The average Bonchev–Trinajstić information content (AvgIpc) is 2.72. The number of aromatic nitrogens is 2. The van der Waals surface area contributed by atoms with Crippen LogP contribution >= 0.6 is 0 Å². The zero-order chi connectivity index (χ0) is 19.7. The zero-order valence-electron chi connectivity index (χ0n) is 15.5. The molecule has 0 radical (unpaired) electrons. The number of aliphatic hydroxyl groups is 1. The number of nitrogens with one attached hydrogen (secondary N) is 2. The summed E-state index contributed by atoms with van der Waals surface area (Å²) >= 11 is 0. The molecule has 0 atom stereocenters. The van der Waals surface area contributed by atoms with E-state index in [1.807, 2.05) is 0 Å². The molecule has 1 amide bonds. The van der Waals surface area contributed by atoms with Crippen LogP contribution in [0.15, 0.2) is 23.0 Å². The number of anilines is 1. The molecule has 2 aromatic rings. The maximum Gasteiger partial charge on any atom is 0.269 e. The summed E-state index contributed by atoms with van der Waals surface area (Å²) in [5, 5.41) is 19.5. The molecule has 3 heterocycles. The molecule has 7 nitrogen and oxygen atoms in total. The van der Waals surface area contributed by atoms with Crippen molar-refractivity contribution in [3.05, 3.63) is 56.8 Å². The Kier molecular flexibility index (Phi) is 5.13. The van der Waals surface area contributed by atoms with E-state index in [0.29, 0.717) is 50.0 Å². The van der Waals surface area contributed by atoms with Gasteiger partial charge in [-0.1, -0.05) is 6.07 Å². The lowest BCUT2D eigenvalue weighted by Crippen LogP contribution is -2.40. The molecule has 8 heteroatoms. The molecule has 2 aliphatic rings. The number of amides is 1. The number of aromatic amines is 1. The third kappa shape index (κ3) is 3.64. The van der Waals surface area contributed by atoms with Crippen molar-refractivity contribution in [2.75, 3.05) is 25.0 Å². The van der Waals surface area contributed by atoms with Crippen LogP contribution in [-0.2, 0) is 12.8 Å². The zero-order valence-corrected chi connectivity index (χ0v) is 15.5. The number of piperidine rings is 1. The maximum atomic E-state index is 14.3. The average molecular weight is 386 g/mol. The highest BCUT2D eigenvalue weighted by molar-refractivity contribution is 5.94. The fourth-order valence-corrected chi connectivity index (χ4v) is 3.86. The second-order valence-corrected chi connectivity index (χ2v) is 7.40. The van der Waals surface area contributed by atoms with Crippen LogP contribution in [0.25, 0.3) is 0 Å². The highest BCUT2D eigenvalue weighted by Crippen LogP contribution is 2.24. The molecular formula is C20H23FN4O3. The van der Waals surface area contributed by atoms with Gasteiger partial charge in [-0.3, -0.25) is 9.59 Å². The smallest absolute Gasteiger partial charge is 0.269 e. The Hall–Kier alpha value is -2.74. The molecular weight excluding hydrogens is 363 g/mol. The Morgan fingerprint density at radius 2 is 2.11 bits per heavy atom. The molecule has 1 saturated heterocycles. The molecule has 0 spiro atoms. The van der Waals surface area contributed by atoms with E-state index < -0.39 is 11.9 Å². The fraction of sp³-hybridized carbons (Fsp3) is 0.450. The van der Waals surface area contributed by atoms with Crippen LogP contribution in [0.2, 0.25) is 0 Å². The van der Waals surface area contributed by atoms with Gasteiger partial charge in [-0.25, -0.2) is 9.49 Å². The van der Waals surface area contributed by atoms with E-state index in [-0.39, 0.29) is 17.0 Å². The predicted molar refractivity (Wildman–Crippen MR) is 102 cm³/mol. The SMILES string of the molecule is O=C(c1cc(Cc2n[nH]c(=O)c3c2NCCC3)ccc1F)N1CCC(O)CC1. The minimum atomic E-state index is -0.561. The highest BCUT2D eigenvalue weighted by Gasteiger charge is 2.25. The summed E-state index contributed by atoms with van der Waals surface area (Å²) < 4.78 is 14.3. The number of nitrogens with zero attached hydrogens (tertiary/aromatic N) is 2. The summed E-state index contributed by atoms with van der Waals surface area (Å²) in [6.45, 7) is 1.62. The number of carbonyl (C=O) groups excluding carboxylic acids is 1. The van der Waals surface area contributed by atoms with Crippen LogP contribution < -0.4 is 10.9 Å². The van der Waals surface area contributed by atoms with E-state index in [4.69, 9.17) is 0 Å². The van der Waals surface area contributed by atoms with Crippen LogP contribution in [0, 0.1) is 5.82 Å². The van der Waals surface area contributed by atoms with E-state index in [1.54, 1.807) is 17.0 Å². The number of benzene rings is 1. The molecule has 0 aliphatic carbocycles. The highest BCUT2D eigenvalue weighted by atomic mass is 19.1. The third-order valence-electron chi connectivity index (χ3n) is 5.45. The van der Waals surface area contributed by atoms with Crippen molar-refractivity contribution in [1.82, 2.24) is 15.1 Å². The molecule has 0 unspecified atom stereocenters. The van der Waals surface area contributed by atoms with Crippen LogP contribution in [0.1, 0.15) is 46.4 Å². The second kappa shape index (κ2) is 7.71. The number of H-pyrrole nitrogens is 1. The van der Waals surface area contributed by atoms with Gasteiger partial charge in [0, 0.05) is 31.6 Å². The van der Waals surface area contributed by atoms with Crippen LogP contribution in [0.3, 0.4) is 0 Å². The Balaban J connectivity index is 1.60. The number of hydrogen-bond donors (Lipinski definition) is 3. The summed E-state index contributed by atoms with van der Waals surface area (Å²) in [5.41, 5.74) is 2.71. The topological polar surface area (TPSA) is 98.3 Å². The van der Waals surface area contributed by atoms with Gasteiger partial charge in [0.15, 0.2) is 0 Å². The van der Waals surface area contributed by atoms with E-state index >= 15 is 0 Å². The van der Waals surface area contributed by atoms with Gasteiger partial charge in [-0.15, -0.1) is 0 Å². The second-order valence-electron chi connectivity index (χ2n) is 7.40. The quantitative estimate of drug-likeness (QED) is 0.742. The van der Waals surface area contributed by atoms with E-state index in [0.717, 1.165) is 24.2 Å². The van der Waals surface area contributed by atoms with Gasteiger partial charge in [-0.2, -0.15) is 5.10 Å². The summed E-state index contributed by atoms with van der Waals surface area (Å²) in [4.78, 5) is 26.3. The molecule has 3 N–H and O–H groups in total. The normalized spacial score (nSPS) is 17.1. The molecule has 28 heavy (non-hydrogen) atoms. The molecule has 0 saturated carbocycles. The van der Waals surface area contributed by atoms with Crippen LogP contribution in [-0.4, -0.2) is 51.8 Å². The molecule has 1 aromatic carbocycles. The van der Waals surface area contributed by atoms with Crippen molar-refractivity contribution >= 4 is 11.6 Å². The van der Waals surface area contributed by atoms with Crippen molar-refractivity contribution in [3.63, 3.8) is 0 Å². The number of rotatable bonds is 3. The lowest BCUT2D eigenvalue weighted by molar-refractivity contribution is 0.0542. The minimum Gasteiger partial charge on any atom is -0.393 e. The monoisotopic (exact) mass is 386 g/mol. The first-order chi connectivity index (χ1) is 13.5. The first-order valence-corrected chi connectivity index (χ1v) is 9.63. The van der Waals surface area contributed by atoms with Gasteiger partial charge in [0.2, 0.25) is 0 Å². The van der Waals surface area contributed by atoms with Gasteiger partial charge in [0.25, 0.3) is 11.5 Å². The largest absolute Gasteiger partial charge is 0.393 e. The van der Waals surface area contributed by atoms with Gasteiger partial charge in [-0.05, 0) is 43.4 Å². The number of halogens is 1. The standard InChI is InChI=1S/C20H23FN4O3/c21-16-4-3-12(10-15(16)20(28)25-8-5-13(26)6-9-25)11-17-18-14(2-1-7-22-18)19(27)24-23-17/h3-4,10,13,22,26H,1-2,5-9,11H2,(H,24,27). The van der Waals surface area contributed by atoms with Gasteiger partial charge in [0.1, 0.15) is 5.82 Å². The third-order valence-corrected chi connectivity index (χ3v) is 5.45. The Morgan fingerprint density at radius 3 is 2.89 bits per heavy atom. The lowest BCUT2D eigenvalue weighted by Gasteiger charge is -2.29. The molecule has 0 bridgehead atoms. The predicted octanol–water partition coefficient (Wildman–Crippen LogP) is 1.45. The lowest BCUT2D eigenvalue weighted by atomic mass is 9.99. The molecule has 1 aromatic heterocycles. The summed E-state index contributed by atoms with van der Waals surface area (Å²) in [6.07, 6.45) is 2.58. The fourth-order valence-electron chi connectivity index (χ4n) is 3.86. The Labute approximate surface area is 161 Å². The van der Waals surface area contributed by atoms with Gasteiger partial charge in [0.05, 0.1) is 23.0 Å². The van der Waals surface area contributed by atoms with Crippen molar-refractivity contribution in [2.45, 2.75) is 38.2 Å². The molecule has 2 aliphatic heterocycles. The Morgan fingerprint density at radius 1 is 1.32 bits per heavy atom. The van der Waals surface area contributed by atoms with E-state index in [2.05, 4.69) is 15.5 Å². The van der Waals surface area contributed by atoms with E-state index in [9.17, 15) is 19.1 Å². The van der Waals surface area contributed by atoms with Crippen molar-refractivity contribution in [3.8, 4) is 0 Å². The van der Waals surface area contributed by atoms with Crippen LogP contribution in [0.4, 0.5) is 10.1 Å². The number of hydrogen-bond acceptors (Lipinski definition) is 5. The van der Waals surface area contributed by atoms with Crippen molar-refractivity contribution < 1.29 is 14.3 Å². The molecule has 4 rings (SSSR count). The summed E-state index contributed by atoms with van der Waals surface area (Å²) in [7, 11) is 0. The van der Waals surface area contributed by atoms with Crippen LogP contribution in [0.5, 0.6) is 0 Å². The van der Waals surface area contributed by atoms with Crippen molar-refractivity contribution in [1.29, 1.82) is 0 Å². The summed E-state index contributed by atoms with van der Waals surface area (Å²) in [6, 6.07) is 4.49. The van der Waals surface area contributed by atoms with Gasteiger partial charge >= 0.3 is 0 Å². The first-order valence-electron chi connectivity index (χ1n) is 9.63. The summed E-state index contributed by atoms with van der Waals surface area (Å²) in [5.74, 6) is -0.921. The van der Waals surface area contributed by atoms with E-state index in [1.165, 1.54) is 6.07 Å². The first kappa shape index (κ1) is 18.6. The van der Waals surface area contributed by atoms with Crippen molar-refractivity contribution in [2.24, 2.45) is 0 Å². The number of fused-ring (bicyclic) bond motifs is 1. The minimum absolute atomic E-state index is 0.0279. The number of carbonyl (C=O) groups is 1. The maximum absolute atomic E-state index is 14.3. The molecule has 1 fully saturated rings. The number of likely N-dealkylation sites (tertiary alicyclic amines) is 1.